The first-order valence-electron chi connectivity index (χ1n) is 5.67. The third-order valence-electron chi connectivity index (χ3n) is 2.95. The van der Waals surface area contributed by atoms with Crippen LogP contribution in [0.4, 0.5) is 0 Å². The molecule has 1 atom stereocenters. The molecule has 0 aliphatic heterocycles. The lowest BCUT2D eigenvalue weighted by Gasteiger charge is -2.18. The topological polar surface area (TPSA) is 35.2 Å². The van der Waals surface area contributed by atoms with Crippen LogP contribution in [-0.4, -0.2) is 6.54 Å². The predicted molar refractivity (Wildman–Crippen MR) is 72.7 cm³/mol. The predicted octanol–water partition coefficient (Wildman–Crippen LogP) is 3.44. The molecule has 3 heteroatoms. The van der Waals surface area contributed by atoms with E-state index < -0.39 is 0 Å². The van der Waals surface area contributed by atoms with E-state index >= 15 is 0 Å². The van der Waals surface area contributed by atoms with Crippen molar-refractivity contribution in [2.24, 2.45) is 5.73 Å². The van der Waals surface area contributed by atoms with Gasteiger partial charge in [0.1, 0.15) is 11.9 Å². The van der Waals surface area contributed by atoms with Crippen molar-refractivity contribution in [2.45, 2.75) is 20.0 Å². The maximum atomic E-state index is 6.00. The molecule has 90 valence electrons. The molecule has 1 aromatic heterocycles. The molecule has 2 nitrogen and oxygen atoms in total. The third kappa shape index (κ3) is 2.68. The molecule has 0 radical (unpaired) electrons. The Bertz CT molecular complexity index is 479. The summed E-state index contributed by atoms with van der Waals surface area (Å²) in [6.07, 6.45) is -0.0539. The number of aryl methyl sites for hydroxylation is 1. The third-order valence-corrected chi connectivity index (χ3v) is 3.65. The van der Waals surface area contributed by atoms with Gasteiger partial charge >= 0.3 is 0 Å². The van der Waals surface area contributed by atoms with Crippen molar-refractivity contribution >= 4 is 11.3 Å². The monoisotopic (exact) mass is 247 g/mol. The average molecular weight is 247 g/mol. The second-order valence-corrected chi connectivity index (χ2v) is 4.88. The standard InChI is InChI=1S/C14H17NOS/c1-10-4-3-5-13(11(10)2)16-14(8-15)12-6-7-17-9-12/h3-7,9,14H,8,15H2,1-2H3. The van der Waals surface area contributed by atoms with Crippen molar-refractivity contribution in [3.63, 3.8) is 0 Å². The summed E-state index contributed by atoms with van der Waals surface area (Å²) >= 11 is 1.67. The molecule has 2 rings (SSSR count). The van der Waals surface area contributed by atoms with Crippen molar-refractivity contribution in [1.82, 2.24) is 0 Å². The first kappa shape index (κ1) is 12.1. The van der Waals surface area contributed by atoms with Gasteiger partial charge in [0.15, 0.2) is 0 Å². The molecule has 1 unspecified atom stereocenters. The second kappa shape index (κ2) is 5.34. The smallest absolute Gasteiger partial charge is 0.137 e. The number of benzene rings is 1. The van der Waals surface area contributed by atoms with Gasteiger partial charge in [-0.05, 0) is 47.9 Å². The van der Waals surface area contributed by atoms with Gasteiger partial charge in [0, 0.05) is 12.1 Å². The molecule has 0 aliphatic carbocycles. The molecule has 1 heterocycles. The summed E-state index contributed by atoms with van der Waals surface area (Å²) in [6.45, 7) is 4.65. The number of thiophene rings is 1. The van der Waals surface area contributed by atoms with Gasteiger partial charge in [-0.2, -0.15) is 11.3 Å². The van der Waals surface area contributed by atoms with Gasteiger partial charge in [0.05, 0.1) is 0 Å². The van der Waals surface area contributed by atoms with Crippen LogP contribution in [0.25, 0.3) is 0 Å². The van der Waals surface area contributed by atoms with Gasteiger partial charge in [-0.15, -0.1) is 0 Å². The quantitative estimate of drug-likeness (QED) is 0.898. The lowest BCUT2D eigenvalue weighted by atomic mass is 10.1. The van der Waals surface area contributed by atoms with Gasteiger partial charge in [-0.3, -0.25) is 0 Å². The lowest BCUT2D eigenvalue weighted by molar-refractivity contribution is 0.213. The van der Waals surface area contributed by atoms with Gasteiger partial charge in [0.2, 0.25) is 0 Å². The fraction of sp³-hybridized carbons (Fsp3) is 0.286. The number of hydrogen-bond acceptors (Lipinski definition) is 3. The van der Waals surface area contributed by atoms with Crippen LogP contribution < -0.4 is 10.5 Å². The largest absolute Gasteiger partial charge is 0.484 e. The van der Waals surface area contributed by atoms with E-state index in [0.29, 0.717) is 6.54 Å². The minimum Gasteiger partial charge on any atom is -0.484 e. The average Bonchev–Trinajstić information content (AvgIpc) is 2.85. The van der Waals surface area contributed by atoms with Gasteiger partial charge in [-0.25, -0.2) is 0 Å². The maximum absolute atomic E-state index is 6.00. The Kier molecular flexibility index (Phi) is 3.82. The Morgan fingerprint density at radius 1 is 1.29 bits per heavy atom. The highest BCUT2D eigenvalue weighted by Gasteiger charge is 2.13. The molecular formula is C14H17NOS. The van der Waals surface area contributed by atoms with E-state index in [1.807, 2.05) is 17.5 Å². The van der Waals surface area contributed by atoms with E-state index in [9.17, 15) is 0 Å². The van der Waals surface area contributed by atoms with Crippen molar-refractivity contribution in [2.75, 3.05) is 6.54 Å². The zero-order chi connectivity index (χ0) is 12.3. The molecule has 0 amide bonds. The van der Waals surface area contributed by atoms with Crippen molar-refractivity contribution < 1.29 is 4.74 Å². The summed E-state index contributed by atoms with van der Waals surface area (Å²) in [5.74, 6) is 0.923. The SMILES string of the molecule is Cc1cccc(OC(CN)c2ccsc2)c1C. The Hall–Kier alpha value is -1.32. The summed E-state index contributed by atoms with van der Waals surface area (Å²) in [5, 5.41) is 4.13. The fourth-order valence-corrected chi connectivity index (χ4v) is 2.42. The number of rotatable bonds is 4. The highest BCUT2D eigenvalue weighted by atomic mass is 32.1. The van der Waals surface area contributed by atoms with Gasteiger partial charge < -0.3 is 10.5 Å². The molecular weight excluding hydrogens is 230 g/mol. The highest BCUT2D eigenvalue weighted by Crippen LogP contribution is 2.27. The summed E-state index contributed by atoms with van der Waals surface area (Å²) in [4.78, 5) is 0. The molecule has 0 spiro atoms. The first-order chi connectivity index (χ1) is 8.22. The number of ether oxygens (including phenoxy) is 1. The van der Waals surface area contributed by atoms with Crippen LogP contribution in [0.3, 0.4) is 0 Å². The Balaban J connectivity index is 2.22. The van der Waals surface area contributed by atoms with E-state index in [4.69, 9.17) is 10.5 Å². The van der Waals surface area contributed by atoms with Crippen LogP contribution in [0.2, 0.25) is 0 Å². The summed E-state index contributed by atoms with van der Waals surface area (Å²) in [7, 11) is 0. The fourth-order valence-electron chi connectivity index (χ4n) is 1.72. The zero-order valence-corrected chi connectivity index (χ0v) is 11.0. The summed E-state index contributed by atoms with van der Waals surface area (Å²) in [6, 6.07) is 8.16. The number of nitrogens with two attached hydrogens (primary N) is 1. The van der Waals surface area contributed by atoms with Crippen LogP contribution in [0.15, 0.2) is 35.0 Å². The van der Waals surface area contributed by atoms with Crippen molar-refractivity contribution in [3.8, 4) is 5.75 Å². The first-order valence-corrected chi connectivity index (χ1v) is 6.61. The molecule has 1 aromatic carbocycles. The zero-order valence-electron chi connectivity index (χ0n) is 10.1. The molecule has 0 saturated carbocycles. The normalized spacial score (nSPS) is 12.4. The minimum absolute atomic E-state index is 0.0539. The molecule has 0 aliphatic rings. The summed E-state index contributed by atoms with van der Waals surface area (Å²) in [5.41, 5.74) is 9.35. The molecule has 2 aromatic rings. The molecule has 0 bridgehead atoms. The molecule has 2 N–H and O–H groups in total. The second-order valence-electron chi connectivity index (χ2n) is 4.10. The molecule has 17 heavy (non-hydrogen) atoms. The Morgan fingerprint density at radius 2 is 2.12 bits per heavy atom. The van der Waals surface area contributed by atoms with Crippen molar-refractivity contribution in [3.05, 3.63) is 51.7 Å². The Morgan fingerprint density at radius 3 is 2.76 bits per heavy atom. The minimum atomic E-state index is -0.0539. The highest BCUT2D eigenvalue weighted by molar-refractivity contribution is 7.07. The van der Waals surface area contributed by atoms with Gasteiger partial charge in [-0.1, -0.05) is 12.1 Å². The van der Waals surface area contributed by atoms with Crippen LogP contribution in [0.1, 0.15) is 22.8 Å². The maximum Gasteiger partial charge on any atom is 0.137 e. The van der Waals surface area contributed by atoms with E-state index in [-0.39, 0.29) is 6.10 Å². The van der Waals surface area contributed by atoms with Crippen LogP contribution in [-0.2, 0) is 0 Å². The Labute approximate surface area is 106 Å². The van der Waals surface area contributed by atoms with Crippen LogP contribution in [0.5, 0.6) is 5.75 Å². The van der Waals surface area contributed by atoms with Crippen LogP contribution >= 0.6 is 11.3 Å². The van der Waals surface area contributed by atoms with Crippen molar-refractivity contribution in [1.29, 1.82) is 0 Å². The van der Waals surface area contributed by atoms with E-state index in [2.05, 4.69) is 31.4 Å². The van der Waals surface area contributed by atoms with Crippen LogP contribution in [0, 0.1) is 13.8 Å². The number of hydrogen-bond donors (Lipinski definition) is 1. The summed E-state index contributed by atoms with van der Waals surface area (Å²) < 4.78 is 6.00. The van der Waals surface area contributed by atoms with E-state index in [0.717, 1.165) is 11.3 Å². The van der Waals surface area contributed by atoms with Gasteiger partial charge in [0.25, 0.3) is 0 Å². The lowest BCUT2D eigenvalue weighted by Crippen LogP contribution is -2.18. The van der Waals surface area contributed by atoms with E-state index in [1.165, 1.54) is 11.1 Å². The molecule has 0 saturated heterocycles. The van der Waals surface area contributed by atoms with E-state index in [1.54, 1.807) is 11.3 Å². The molecule has 0 fully saturated rings.